The van der Waals surface area contributed by atoms with Crippen molar-refractivity contribution in [1.29, 1.82) is 0 Å². The Balaban J connectivity index is 3.85. The van der Waals surface area contributed by atoms with Crippen LogP contribution in [0.15, 0.2) is 12.7 Å². The minimum Gasteiger partial charge on any atom is -0.460 e. The largest absolute Gasteiger partial charge is 0.460 e. The van der Waals surface area contributed by atoms with Crippen molar-refractivity contribution in [2.45, 2.75) is 65.1 Å². The fourth-order valence-electron chi connectivity index (χ4n) is 1.57. The summed E-state index contributed by atoms with van der Waals surface area (Å²) in [6.45, 7) is 13.9. The van der Waals surface area contributed by atoms with Crippen LogP contribution in [-0.4, -0.2) is 36.2 Å². The predicted octanol–water partition coefficient (Wildman–Crippen LogP) is 2.60. The highest BCUT2D eigenvalue weighted by Crippen LogP contribution is 2.18. The Kier molecular flexibility index (Phi) is 8.25. The topological polar surface area (TPSA) is 64.6 Å². The molecule has 5 heteroatoms. The molecule has 0 atom stereocenters. The van der Waals surface area contributed by atoms with Crippen molar-refractivity contribution in [2.24, 2.45) is 0 Å². The lowest BCUT2D eigenvalue weighted by molar-refractivity contribution is -0.156. The molecule has 122 valence electrons. The summed E-state index contributed by atoms with van der Waals surface area (Å²) in [6.07, 6.45) is 2.89. The number of amides is 1. The van der Waals surface area contributed by atoms with Gasteiger partial charge in [0.05, 0.1) is 5.60 Å². The van der Waals surface area contributed by atoms with Crippen LogP contribution in [0.2, 0.25) is 0 Å². The van der Waals surface area contributed by atoms with Gasteiger partial charge in [-0.3, -0.25) is 9.59 Å². The summed E-state index contributed by atoms with van der Waals surface area (Å²) in [5.74, 6) is -0.392. The first-order valence-electron chi connectivity index (χ1n) is 7.32. The molecule has 0 saturated heterocycles. The van der Waals surface area contributed by atoms with E-state index in [0.29, 0.717) is 26.0 Å². The molecule has 0 aliphatic rings. The van der Waals surface area contributed by atoms with Crippen LogP contribution in [0.1, 0.15) is 53.9 Å². The average molecular weight is 299 g/mol. The Morgan fingerprint density at radius 3 is 2.33 bits per heavy atom. The quantitative estimate of drug-likeness (QED) is 0.404. The van der Waals surface area contributed by atoms with Crippen LogP contribution in [0.3, 0.4) is 0 Å². The minimum absolute atomic E-state index is 0.181. The lowest BCUT2D eigenvalue weighted by Gasteiger charge is -2.26. The summed E-state index contributed by atoms with van der Waals surface area (Å²) < 4.78 is 11.0. The van der Waals surface area contributed by atoms with Crippen LogP contribution < -0.4 is 5.32 Å². The summed E-state index contributed by atoms with van der Waals surface area (Å²) in [6, 6.07) is 0. The first-order chi connectivity index (χ1) is 9.56. The number of hydrogen-bond acceptors (Lipinski definition) is 4. The first-order valence-corrected chi connectivity index (χ1v) is 7.32. The molecule has 21 heavy (non-hydrogen) atoms. The van der Waals surface area contributed by atoms with Gasteiger partial charge in [-0.25, -0.2) is 0 Å². The Hall–Kier alpha value is -1.36. The molecule has 0 unspecified atom stereocenters. The van der Waals surface area contributed by atoms with Crippen LogP contribution in [0, 0.1) is 0 Å². The molecular weight excluding hydrogens is 270 g/mol. The van der Waals surface area contributed by atoms with Crippen molar-refractivity contribution in [3.8, 4) is 0 Å². The molecule has 0 aromatic carbocycles. The molecular formula is C16H29NO4. The summed E-state index contributed by atoms with van der Waals surface area (Å²) in [5, 5.41) is 2.68. The Bertz CT molecular complexity index is 356. The lowest BCUT2D eigenvalue weighted by Crippen LogP contribution is -2.30. The van der Waals surface area contributed by atoms with Gasteiger partial charge in [0.25, 0.3) is 0 Å². The van der Waals surface area contributed by atoms with E-state index in [9.17, 15) is 9.59 Å². The Morgan fingerprint density at radius 2 is 1.81 bits per heavy atom. The highest BCUT2D eigenvalue weighted by Gasteiger charge is 2.22. The van der Waals surface area contributed by atoms with E-state index >= 15 is 0 Å². The zero-order valence-corrected chi connectivity index (χ0v) is 14.0. The number of esters is 1. The molecule has 5 nitrogen and oxygen atoms in total. The molecule has 0 aliphatic heterocycles. The van der Waals surface area contributed by atoms with E-state index in [1.165, 1.54) is 6.08 Å². The maximum absolute atomic E-state index is 11.7. The van der Waals surface area contributed by atoms with Crippen LogP contribution in [0.4, 0.5) is 0 Å². The zero-order chi connectivity index (χ0) is 16.5. The normalized spacial score (nSPS) is 11.9. The van der Waals surface area contributed by atoms with Gasteiger partial charge in [-0.1, -0.05) is 6.58 Å². The van der Waals surface area contributed by atoms with Gasteiger partial charge >= 0.3 is 5.97 Å². The first kappa shape index (κ1) is 19.6. The summed E-state index contributed by atoms with van der Waals surface area (Å²) in [7, 11) is 0. The monoisotopic (exact) mass is 299 g/mol. The van der Waals surface area contributed by atoms with E-state index in [4.69, 9.17) is 9.47 Å². The van der Waals surface area contributed by atoms with Gasteiger partial charge in [0.2, 0.25) is 5.91 Å². The minimum atomic E-state index is -0.453. The number of nitrogens with one attached hydrogen (secondary N) is 1. The van der Waals surface area contributed by atoms with Crippen LogP contribution in [-0.2, 0) is 19.1 Å². The average Bonchev–Trinajstić information content (AvgIpc) is 2.33. The second-order valence-corrected chi connectivity index (χ2v) is 6.54. The number of hydrogen-bond donors (Lipinski definition) is 1. The van der Waals surface area contributed by atoms with Gasteiger partial charge in [0.1, 0.15) is 5.60 Å². The molecule has 0 rings (SSSR count). The third-order valence-corrected chi connectivity index (χ3v) is 2.65. The van der Waals surface area contributed by atoms with E-state index in [2.05, 4.69) is 11.9 Å². The molecule has 0 radical (unpaired) electrons. The van der Waals surface area contributed by atoms with Gasteiger partial charge < -0.3 is 14.8 Å². The molecule has 1 N–H and O–H groups in total. The second-order valence-electron chi connectivity index (χ2n) is 6.54. The molecule has 0 heterocycles. The van der Waals surface area contributed by atoms with Crippen molar-refractivity contribution in [3.05, 3.63) is 12.7 Å². The molecule has 0 aliphatic carbocycles. The van der Waals surface area contributed by atoms with Gasteiger partial charge in [0, 0.05) is 19.6 Å². The smallest absolute Gasteiger partial charge is 0.306 e. The molecule has 0 bridgehead atoms. The molecule has 1 amide bonds. The Labute approximate surface area is 128 Å². The molecule has 0 aromatic rings. The summed E-state index contributed by atoms with van der Waals surface area (Å²) >= 11 is 0. The van der Waals surface area contributed by atoms with Crippen LogP contribution in [0.25, 0.3) is 0 Å². The predicted molar refractivity (Wildman–Crippen MR) is 82.9 cm³/mol. The number of ether oxygens (including phenoxy) is 2. The van der Waals surface area contributed by atoms with Crippen molar-refractivity contribution in [3.63, 3.8) is 0 Å². The number of rotatable bonds is 9. The fraction of sp³-hybridized carbons (Fsp3) is 0.750. The van der Waals surface area contributed by atoms with Gasteiger partial charge in [-0.2, -0.15) is 0 Å². The van der Waals surface area contributed by atoms with Gasteiger partial charge in [-0.15, -0.1) is 0 Å². The molecule has 0 saturated carbocycles. The van der Waals surface area contributed by atoms with Crippen molar-refractivity contribution >= 4 is 11.9 Å². The van der Waals surface area contributed by atoms with E-state index in [-0.39, 0.29) is 17.5 Å². The summed E-state index contributed by atoms with van der Waals surface area (Å²) in [4.78, 5) is 22.6. The van der Waals surface area contributed by atoms with Gasteiger partial charge in [0.15, 0.2) is 0 Å². The van der Waals surface area contributed by atoms with Crippen molar-refractivity contribution in [2.75, 3.05) is 13.2 Å². The Morgan fingerprint density at radius 1 is 1.19 bits per heavy atom. The van der Waals surface area contributed by atoms with E-state index in [1.54, 1.807) is 0 Å². The lowest BCUT2D eigenvalue weighted by atomic mass is 10.0. The highest BCUT2D eigenvalue weighted by atomic mass is 16.6. The highest BCUT2D eigenvalue weighted by molar-refractivity contribution is 5.86. The number of carbonyl (C=O) groups excluding carboxylic acids is 2. The molecule has 0 fully saturated rings. The number of carbonyl (C=O) groups is 2. The van der Waals surface area contributed by atoms with E-state index < -0.39 is 5.60 Å². The molecule has 0 aromatic heterocycles. The van der Waals surface area contributed by atoms with Crippen molar-refractivity contribution < 1.29 is 19.1 Å². The SMILES string of the molecule is C=CC(=O)NCCCOC(C)(C)CCC(=O)OC(C)(C)C. The summed E-state index contributed by atoms with van der Waals surface area (Å²) in [5.41, 5.74) is -0.842. The second kappa shape index (κ2) is 8.82. The maximum Gasteiger partial charge on any atom is 0.306 e. The van der Waals surface area contributed by atoms with E-state index in [1.807, 2.05) is 34.6 Å². The fourth-order valence-corrected chi connectivity index (χ4v) is 1.57. The third-order valence-electron chi connectivity index (χ3n) is 2.65. The third kappa shape index (κ3) is 12.1. The molecule has 0 spiro atoms. The zero-order valence-electron chi connectivity index (χ0n) is 14.0. The van der Waals surface area contributed by atoms with E-state index in [0.717, 1.165) is 6.42 Å². The van der Waals surface area contributed by atoms with Gasteiger partial charge in [-0.05, 0) is 53.5 Å². The van der Waals surface area contributed by atoms with Crippen LogP contribution >= 0.6 is 0 Å². The maximum atomic E-state index is 11.7. The van der Waals surface area contributed by atoms with Crippen molar-refractivity contribution in [1.82, 2.24) is 5.32 Å². The standard InChI is InChI=1S/C16H29NO4/c1-7-13(18)17-11-8-12-20-16(5,6)10-9-14(19)21-15(2,3)4/h7H,1,8-12H2,2-6H3,(H,17,18). The van der Waals surface area contributed by atoms with Crippen LogP contribution in [0.5, 0.6) is 0 Å².